The summed E-state index contributed by atoms with van der Waals surface area (Å²) in [6.07, 6.45) is 4.38. The predicted octanol–water partition coefficient (Wildman–Crippen LogP) is 3.49. The number of fused-ring (bicyclic) bond motifs is 1. The van der Waals surface area contributed by atoms with Crippen LogP contribution in [0.1, 0.15) is 36.5 Å². The molecule has 0 bridgehead atoms. The molecule has 5 rings (SSSR count). The van der Waals surface area contributed by atoms with Crippen LogP contribution in [0, 0.1) is 0 Å². The normalized spacial score (nSPS) is 20.2. The first-order valence-electron chi connectivity index (χ1n) is 10.7. The first kappa shape index (κ1) is 19.2. The van der Waals surface area contributed by atoms with Crippen LogP contribution in [0.25, 0.3) is 22.3 Å². The van der Waals surface area contributed by atoms with Crippen LogP contribution in [0.4, 0.5) is 0 Å². The summed E-state index contributed by atoms with van der Waals surface area (Å²) in [5.41, 5.74) is 3.14. The van der Waals surface area contributed by atoms with Gasteiger partial charge in [0, 0.05) is 18.7 Å². The minimum absolute atomic E-state index is 0.000894. The Morgan fingerprint density at radius 1 is 1.17 bits per heavy atom. The zero-order valence-corrected chi connectivity index (χ0v) is 17.2. The Morgan fingerprint density at radius 3 is 2.73 bits per heavy atom. The fourth-order valence-electron chi connectivity index (χ4n) is 4.46. The summed E-state index contributed by atoms with van der Waals surface area (Å²) in [6, 6.07) is 11.8. The van der Waals surface area contributed by atoms with Crippen LogP contribution >= 0.6 is 0 Å². The van der Waals surface area contributed by atoms with E-state index in [1.807, 2.05) is 52.9 Å². The number of hydrogen-bond donors (Lipinski definition) is 0. The molecule has 0 spiro atoms. The third-order valence-electron chi connectivity index (χ3n) is 5.98. The predicted molar refractivity (Wildman–Crippen MR) is 113 cm³/mol. The van der Waals surface area contributed by atoms with Crippen LogP contribution in [0.2, 0.25) is 0 Å². The zero-order valence-electron chi connectivity index (χ0n) is 17.2. The van der Waals surface area contributed by atoms with Crippen molar-refractivity contribution in [1.82, 2.24) is 19.7 Å². The number of ether oxygens (including phenoxy) is 2. The van der Waals surface area contributed by atoms with Crippen LogP contribution in [-0.4, -0.2) is 57.7 Å². The summed E-state index contributed by atoms with van der Waals surface area (Å²) in [6.45, 7) is 4.60. The zero-order chi connectivity index (χ0) is 20.5. The minimum atomic E-state index is -0.335. The van der Waals surface area contributed by atoms with E-state index in [1.165, 1.54) is 0 Å². The Morgan fingerprint density at radius 2 is 1.97 bits per heavy atom. The van der Waals surface area contributed by atoms with E-state index >= 15 is 0 Å². The van der Waals surface area contributed by atoms with Gasteiger partial charge in [-0.25, -0.2) is 9.67 Å². The summed E-state index contributed by atoms with van der Waals surface area (Å²) in [4.78, 5) is 20.6. The van der Waals surface area contributed by atoms with E-state index in [4.69, 9.17) is 14.5 Å². The molecule has 2 aromatic heterocycles. The topological polar surface area (TPSA) is 69.5 Å². The molecule has 7 heteroatoms. The number of rotatable bonds is 4. The Balaban J connectivity index is 1.59. The minimum Gasteiger partial charge on any atom is -0.348 e. The number of aryl methyl sites for hydroxylation is 1. The second-order valence-corrected chi connectivity index (χ2v) is 7.79. The molecule has 0 radical (unpaired) electrons. The number of hydrogen-bond acceptors (Lipinski definition) is 5. The van der Waals surface area contributed by atoms with Gasteiger partial charge in [-0.2, -0.15) is 5.10 Å². The smallest absolute Gasteiger partial charge is 0.255 e. The maximum Gasteiger partial charge on any atom is 0.255 e. The summed E-state index contributed by atoms with van der Waals surface area (Å²) in [5.74, 6) is -0.000894. The Bertz CT molecular complexity index is 1040. The van der Waals surface area contributed by atoms with Gasteiger partial charge in [0.05, 0.1) is 42.1 Å². The molecule has 2 fully saturated rings. The quantitative estimate of drug-likeness (QED) is 0.663. The number of amides is 1. The monoisotopic (exact) mass is 406 g/mol. The summed E-state index contributed by atoms with van der Waals surface area (Å²) < 4.78 is 13.4. The molecular weight excluding hydrogens is 380 g/mol. The van der Waals surface area contributed by atoms with Gasteiger partial charge in [-0.1, -0.05) is 30.3 Å². The highest BCUT2D eigenvalue weighted by Crippen LogP contribution is 2.30. The molecule has 30 heavy (non-hydrogen) atoms. The van der Waals surface area contributed by atoms with Crippen molar-refractivity contribution >= 4 is 16.9 Å². The van der Waals surface area contributed by atoms with Crippen molar-refractivity contribution < 1.29 is 14.3 Å². The number of piperidine rings is 1. The lowest BCUT2D eigenvalue weighted by Crippen LogP contribution is -2.50. The highest BCUT2D eigenvalue weighted by Gasteiger charge is 2.37. The van der Waals surface area contributed by atoms with Gasteiger partial charge >= 0.3 is 0 Å². The molecule has 156 valence electrons. The molecule has 7 nitrogen and oxygen atoms in total. The lowest BCUT2D eigenvalue weighted by Gasteiger charge is -2.38. The largest absolute Gasteiger partial charge is 0.348 e. The SMILES string of the molecule is CCn1ncc2c(C(=O)N3CCCCC3C3OCCO3)cc(-c3ccccc3)nc21. The molecule has 0 aliphatic carbocycles. The standard InChI is InChI=1S/C23H26N4O3/c1-2-27-21-18(15-24-27)17(14-19(25-21)16-8-4-3-5-9-16)22(28)26-11-7-6-10-20(26)23-29-12-13-30-23/h3-5,8-9,14-15,20,23H,2,6-7,10-13H2,1H3. The van der Waals surface area contributed by atoms with Crippen LogP contribution < -0.4 is 0 Å². The van der Waals surface area contributed by atoms with Gasteiger partial charge in [-0.3, -0.25) is 4.79 Å². The summed E-state index contributed by atoms with van der Waals surface area (Å²) >= 11 is 0. The summed E-state index contributed by atoms with van der Waals surface area (Å²) in [7, 11) is 0. The van der Waals surface area contributed by atoms with Gasteiger partial charge in [-0.05, 0) is 32.3 Å². The Kier molecular flexibility index (Phi) is 5.23. The van der Waals surface area contributed by atoms with Gasteiger partial charge in [0.25, 0.3) is 5.91 Å². The number of nitrogens with zero attached hydrogens (tertiary/aromatic N) is 4. The molecule has 1 amide bonds. The lowest BCUT2D eigenvalue weighted by atomic mass is 9.99. The average Bonchev–Trinajstić information content (AvgIpc) is 3.48. The van der Waals surface area contributed by atoms with E-state index < -0.39 is 0 Å². The van der Waals surface area contributed by atoms with Crippen molar-refractivity contribution in [3.63, 3.8) is 0 Å². The molecule has 2 aliphatic heterocycles. The van der Waals surface area contributed by atoms with E-state index in [9.17, 15) is 4.79 Å². The molecule has 0 N–H and O–H groups in total. The van der Waals surface area contributed by atoms with Crippen LogP contribution in [0.3, 0.4) is 0 Å². The molecule has 4 heterocycles. The maximum atomic E-state index is 13.8. The number of benzene rings is 1. The highest BCUT2D eigenvalue weighted by molar-refractivity contribution is 6.06. The van der Waals surface area contributed by atoms with Crippen molar-refractivity contribution in [2.75, 3.05) is 19.8 Å². The molecular formula is C23H26N4O3. The van der Waals surface area contributed by atoms with E-state index in [-0.39, 0.29) is 18.2 Å². The molecule has 3 aromatic rings. The summed E-state index contributed by atoms with van der Waals surface area (Å²) in [5, 5.41) is 5.26. The first-order chi connectivity index (χ1) is 14.8. The molecule has 1 aromatic carbocycles. The number of pyridine rings is 1. The van der Waals surface area contributed by atoms with Gasteiger partial charge in [-0.15, -0.1) is 0 Å². The van der Waals surface area contributed by atoms with Crippen molar-refractivity contribution in [3.05, 3.63) is 48.2 Å². The highest BCUT2D eigenvalue weighted by atomic mass is 16.7. The van der Waals surface area contributed by atoms with Crippen molar-refractivity contribution in [2.24, 2.45) is 0 Å². The average molecular weight is 406 g/mol. The maximum absolute atomic E-state index is 13.8. The number of carbonyl (C=O) groups is 1. The van der Waals surface area contributed by atoms with Crippen LogP contribution in [-0.2, 0) is 16.0 Å². The third kappa shape index (κ3) is 3.38. The molecule has 2 saturated heterocycles. The fourth-order valence-corrected chi connectivity index (χ4v) is 4.46. The number of carbonyl (C=O) groups excluding carboxylic acids is 1. The molecule has 0 saturated carbocycles. The Labute approximate surface area is 175 Å². The van der Waals surface area contributed by atoms with E-state index in [0.29, 0.717) is 31.9 Å². The number of aromatic nitrogens is 3. The van der Waals surface area contributed by atoms with Crippen LogP contribution in [0.15, 0.2) is 42.6 Å². The van der Waals surface area contributed by atoms with Crippen molar-refractivity contribution in [3.8, 4) is 11.3 Å². The second-order valence-electron chi connectivity index (χ2n) is 7.79. The number of likely N-dealkylation sites (tertiary alicyclic amines) is 1. The van der Waals surface area contributed by atoms with Gasteiger partial charge in [0.15, 0.2) is 11.9 Å². The first-order valence-corrected chi connectivity index (χ1v) is 10.7. The molecule has 1 atom stereocenters. The molecule has 2 aliphatic rings. The van der Waals surface area contributed by atoms with E-state index in [2.05, 4.69) is 5.10 Å². The third-order valence-corrected chi connectivity index (χ3v) is 5.98. The van der Waals surface area contributed by atoms with Crippen molar-refractivity contribution in [2.45, 2.75) is 45.1 Å². The second kappa shape index (κ2) is 8.16. The Hall–Kier alpha value is -2.77. The van der Waals surface area contributed by atoms with Crippen molar-refractivity contribution in [1.29, 1.82) is 0 Å². The van der Waals surface area contributed by atoms with Gasteiger partial charge in [0.2, 0.25) is 0 Å². The van der Waals surface area contributed by atoms with Gasteiger partial charge in [0.1, 0.15) is 0 Å². The van der Waals surface area contributed by atoms with Crippen LogP contribution in [0.5, 0.6) is 0 Å². The van der Waals surface area contributed by atoms with E-state index in [0.717, 1.165) is 41.6 Å². The fraction of sp³-hybridized carbons (Fsp3) is 0.435. The lowest BCUT2D eigenvalue weighted by molar-refractivity contribution is -0.100. The van der Waals surface area contributed by atoms with E-state index in [1.54, 1.807) is 6.20 Å². The molecule has 1 unspecified atom stereocenters. The van der Waals surface area contributed by atoms with Gasteiger partial charge < -0.3 is 14.4 Å².